The molecule has 1 aliphatic rings. The van der Waals surface area contributed by atoms with Crippen LogP contribution < -0.4 is 0 Å². The Bertz CT molecular complexity index is 357. The summed E-state index contributed by atoms with van der Waals surface area (Å²) in [4.78, 5) is 0. The maximum Gasteiger partial charge on any atom is 0.118 e. The van der Waals surface area contributed by atoms with E-state index in [4.69, 9.17) is 4.74 Å². The highest BCUT2D eigenvalue weighted by Gasteiger charge is 2.10. The van der Waals surface area contributed by atoms with Crippen LogP contribution in [0.1, 0.15) is 47.0 Å². The Morgan fingerprint density at radius 2 is 1.71 bits per heavy atom. The smallest absolute Gasteiger partial charge is 0.118 e. The molecule has 0 aromatic carbocycles. The van der Waals surface area contributed by atoms with Crippen molar-refractivity contribution >= 4 is 0 Å². The summed E-state index contributed by atoms with van der Waals surface area (Å²) in [6.07, 6.45) is 18.8. The van der Waals surface area contributed by atoms with Gasteiger partial charge in [0.2, 0.25) is 0 Å². The fraction of sp³-hybridized carbons (Fsp3) is 0.400. The summed E-state index contributed by atoms with van der Waals surface area (Å²) in [5.41, 5.74) is 1.34. The quantitative estimate of drug-likeness (QED) is 0.534. The fourth-order valence-corrected chi connectivity index (χ4v) is 1.57. The van der Waals surface area contributed by atoms with Crippen molar-refractivity contribution in [3.63, 3.8) is 0 Å². The van der Waals surface area contributed by atoms with Crippen LogP contribution in [0.4, 0.5) is 0 Å². The van der Waals surface area contributed by atoms with Gasteiger partial charge >= 0.3 is 0 Å². The van der Waals surface area contributed by atoms with Gasteiger partial charge in [-0.15, -0.1) is 0 Å². The molecule has 0 aromatic heterocycles. The number of hydrogen-bond donors (Lipinski definition) is 0. The third-order valence-electron chi connectivity index (χ3n) is 2.43. The largest absolute Gasteiger partial charge is 0.494 e. The number of hydrogen-bond acceptors (Lipinski definition) is 1. The lowest BCUT2D eigenvalue weighted by Gasteiger charge is -2.19. The first-order valence-corrected chi connectivity index (χ1v) is 7.85. The van der Waals surface area contributed by atoms with Crippen LogP contribution in [-0.2, 0) is 4.74 Å². The van der Waals surface area contributed by atoms with Crippen LogP contribution in [0.15, 0.2) is 73.1 Å². The Hall–Kier alpha value is -1.76. The highest BCUT2D eigenvalue weighted by molar-refractivity contribution is 5.30. The van der Waals surface area contributed by atoms with Crippen molar-refractivity contribution in [1.82, 2.24) is 0 Å². The van der Waals surface area contributed by atoms with Crippen LogP contribution >= 0.6 is 0 Å². The maximum absolute atomic E-state index is 5.59. The third kappa shape index (κ3) is 13.0. The van der Waals surface area contributed by atoms with Crippen molar-refractivity contribution in [2.45, 2.75) is 47.0 Å². The van der Waals surface area contributed by atoms with E-state index in [1.165, 1.54) is 5.57 Å². The van der Waals surface area contributed by atoms with Crippen molar-refractivity contribution in [3.05, 3.63) is 73.1 Å². The monoisotopic (exact) mass is 288 g/mol. The van der Waals surface area contributed by atoms with E-state index in [1.54, 1.807) is 12.2 Å². The molecule has 0 saturated carbocycles. The van der Waals surface area contributed by atoms with Crippen molar-refractivity contribution in [2.24, 2.45) is 0 Å². The molecule has 0 N–H and O–H groups in total. The molecule has 0 radical (unpaired) electrons. The molecule has 1 saturated heterocycles. The minimum atomic E-state index is 0.874. The molecule has 0 aliphatic carbocycles. The highest BCUT2D eigenvalue weighted by atomic mass is 16.5. The number of rotatable bonds is 4. The molecule has 21 heavy (non-hydrogen) atoms. The second kappa shape index (κ2) is 18.2. The van der Waals surface area contributed by atoms with Crippen LogP contribution in [0, 0.1) is 0 Å². The zero-order valence-corrected chi connectivity index (χ0v) is 14.3. The van der Waals surface area contributed by atoms with E-state index in [2.05, 4.69) is 38.3 Å². The molecule has 0 atom stereocenters. The van der Waals surface area contributed by atoms with E-state index in [-0.39, 0.29) is 0 Å². The van der Waals surface area contributed by atoms with Gasteiger partial charge in [0, 0.05) is 0 Å². The standard InChI is InChI=1S/C12H18O.C6H8.C2H6/c1-3-5-8-11-9-6-10-13-12(11)7-4-2;1-3-5-6-4-2;1-2/h3,5,7-8H,4,6,9-10H2,1-2H3;3-6H,1-2H2;1-2H3/b5-3-,11-8-,12-7+;6-5-;. The highest BCUT2D eigenvalue weighted by Crippen LogP contribution is 2.23. The molecular formula is C20H32O. The molecule has 1 heterocycles. The zero-order chi connectivity index (χ0) is 16.3. The van der Waals surface area contributed by atoms with Crippen LogP contribution in [0.3, 0.4) is 0 Å². The predicted octanol–water partition coefficient (Wildman–Crippen LogP) is 6.53. The van der Waals surface area contributed by atoms with Crippen molar-refractivity contribution in [2.75, 3.05) is 6.61 Å². The van der Waals surface area contributed by atoms with Crippen molar-refractivity contribution in [1.29, 1.82) is 0 Å². The molecule has 118 valence electrons. The molecular weight excluding hydrogens is 256 g/mol. The van der Waals surface area contributed by atoms with Crippen LogP contribution in [0.25, 0.3) is 0 Å². The molecule has 0 bridgehead atoms. The average molecular weight is 288 g/mol. The topological polar surface area (TPSA) is 9.23 Å². The van der Waals surface area contributed by atoms with Crippen molar-refractivity contribution < 1.29 is 4.74 Å². The van der Waals surface area contributed by atoms with Gasteiger partial charge in [-0.1, -0.05) is 76.5 Å². The molecule has 1 rings (SSSR count). The Morgan fingerprint density at radius 1 is 1.10 bits per heavy atom. The SMILES string of the molecule is C=C/C=C\C=C.CC.C\C=C/C=C1/CCCO/C1=C/CC. The lowest BCUT2D eigenvalue weighted by molar-refractivity contribution is 0.193. The first-order valence-electron chi connectivity index (χ1n) is 7.85. The molecule has 1 nitrogen and oxygen atoms in total. The minimum absolute atomic E-state index is 0.874. The summed E-state index contributed by atoms with van der Waals surface area (Å²) < 4.78 is 5.59. The molecule has 0 unspecified atom stereocenters. The van der Waals surface area contributed by atoms with Crippen LogP contribution in [-0.4, -0.2) is 6.61 Å². The lowest BCUT2D eigenvalue weighted by atomic mass is 10.0. The van der Waals surface area contributed by atoms with E-state index < -0.39 is 0 Å². The minimum Gasteiger partial charge on any atom is -0.494 e. The second-order valence-corrected chi connectivity index (χ2v) is 4.00. The Morgan fingerprint density at radius 3 is 2.19 bits per heavy atom. The van der Waals surface area contributed by atoms with Gasteiger partial charge in [-0.25, -0.2) is 0 Å². The van der Waals surface area contributed by atoms with E-state index in [1.807, 2.05) is 39.0 Å². The Kier molecular flexibility index (Phi) is 18.7. The van der Waals surface area contributed by atoms with E-state index in [0.717, 1.165) is 31.6 Å². The van der Waals surface area contributed by atoms with Crippen LogP contribution in [0.2, 0.25) is 0 Å². The molecule has 1 fully saturated rings. The number of ether oxygens (including phenoxy) is 1. The average Bonchev–Trinajstić information content (AvgIpc) is 2.55. The zero-order valence-electron chi connectivity index (χ0n) is 14.3. The van der Waals surface area contributed by atoms with E-state index in [9.17, 15) is 0 Å². The van der Waals surface area contributed by atoms with E-state index >= 15 is 0 Å². The first kappa shape index (κ1) is 21.5. The molecule has 1 heteroatoms. The van der Waals surface area contributed by atoms with Gasteiger partial charge in [-0.05, 0) is 37.8 Å². The second-order valence-electron chi connectivity index (χ2n) is 4.00. The summed E-state index contributed by atoms with van der Waals surface area (Å²) in [7, 11) is 0. The van der Waals surface area contributed by atoms with Gasteiger partial charge in [0.05, 0.1) is 6.61 Å². The summed E-state index contributed by atoms with van der Waals surface area (Å²) >= 11 is 0. The molecule has 0 spiro atoms. The third-order valence-corrected chi connectivity index (χ3v) is 2.43. The number of allylic oxidation sites excluding steroid dienone is 9. The van der Waals surface area contributed by atoms with Gasteiger partial charge in [0.1, 0.15) is 5.76 Å². The Balaban J connectivity index is 0. The predicted molar refractivity (Wildman–Crippen MR) is 97.3 cm³/mol. The van der Waals surface area contributed by atoms with Crippen LogP contribution in [0.5, 0.6) is 0 Å². The molecule has 0 amide bonds. The van der Waals surface area contributed by atoms with Gasteiger partial charge in [0.25, 0.3) is 0 Å². The van der Waals surface area contributed by atoms with Gasteiger partial charge < -0.3 is 4.74 Å². The molecule has 1 aliphatic heterocycles. The fourth-order valence-electron chi connectivity index (χ4n) is 1.57. The van der Waals surface area contributed by atoms with Gasteiger partial charge in [-0.3, -0.25) is 0 Å². The van der Waals surface area contributed by atoms with Gasteiger partial charge in [-0.2, -0.15) is 0 Å². The maximum atomic E-state index is 5.59. The summed E-state index contributed by atoms with van der Waals surface area (Å²) in [5, 5.41) is 0. The lowest BCUT2D eigenvalue weighted by Crippen LogP contribution is -2.06. The van der Waals surface area contributed by atoms with Gasteiger partial charge in [0.15, 0.2) is 0 Å². The van der Waals surface area contributed by atoms with Crippen molar-refractivity contribution in [3.8, 4) is 0 Å². The summed E-state index contributed by atoms with van der Waals surface area (Å²) in [6, 6.07) is 0. The Labute approximate surface area is 132 Å². The summed E-state index contributed by atoms with van der Waals surface area (Å²) in [5.74, 6) is 1.09. The molecule has 0 aromatic rings. The first-order chi connectivity index (χ1) is 10.3. The normalized spacial score (nSPS) is 17.7. The van der Waals surface area contributed by atoms with E-state index in [0.29, 0.717) is 0 Å². The summed E-state index contributed by atoms with van der Waals surface area (Å²) in [6.45, 7) is 16.0.